The molecule has 1 N–H and O–H groups in total. The SMILES string of the molecule is CCc1ccc(NC(=O)[C@@H]2CCCN2/C=C/C(=O)C(F)(F)F)cc1. The van der Waals surface area contributed by atoms with E-state index in [0.717, 1.165) is 18.2 Å². The Kier molecular flexibility index (Phi) is 5.64. The summed E-state index contributed by atoms with van der Waals surface area (Å²) in [5, 5.41) is 2.76. The molecule has 0 spiro atoms. The van der Waals surface area contributed by atoms with Crippen molar-refractivity contribution < 1.29 is 22.8 Å². The first-order valence-electron chi connectivity index (χ1n) is 7.76. The quantitative estimate of drug-likeness (QED) is 0.837. The molecule has 0 saturated carbocycles. The highest BCUT2D eigenvalue weighted by molar-refractivity contribution is 5.96. The molecule has 0 aromatic heterocycles. The standard InChI is InChI=1S/C17H19F3N2O2/c1-2-12-5-7-13(8-6-12)21-16(24)14-4-3-10-22(14)11-9-15(23)17(18,19)20/h5-9,11,14H,2-4,10H2,1H3,(H,21,24)/b11-9+/t14-/m0/s1. The van der Waals surface area contributed by atoms with Crippen LogP contribution in [0.25, 0.3) is 0 Å². The average molecular weight is 340 g/mol. The van der Waals surface area contributed by atoms with Crippen molar-refractivity contribution in [3.05, 3.63) is 42.1 Å². The second-order valence-corrected chi connectivity index (χ2v) is 5.61. The number of nitrogens with zero attached hydrogens (tertiary/aromatic N) is 1. The summed E-state index contributed by atoms with van der Waals surface area (Å²) in [4.78, 5) is 24.7. The van der Waals surface area contributed by atoms with Crippen LogP contribution in [0.4, 0.5) is 18.9 Å². The van der Waals surface area contributed by atoms with Crippen LogP contribution in [0.3, 0.4) is 0 Å². The molecule has 1 atom stereocenters. The number of carbonyl (C=O) groups excluding carboxylic acids is 2. The summed E-state index contributed by atoms with van der Waals surface area (Å²) in [6, 6.07) is 6.82. The number of nitrogens with one attached hydrogen (secondary N) is 1. The van der Waals surface area contributed by atoms with E-state index in [1.807, 2.05) is 19.1 Å². The molecular weight excluding hydrogens is 321 g/mol. The van der Waals surface area contributed by atoms with Gasteiger partial charge in [-0.25, -0.2) is 0 Å². The van der Waals surface area contributed by atoms with E-state index in [1.165, 1.54) is 4.90 Å². The number of rotatable bonds is 5. The third-order valence-corrected chi connectivity index (χ3v) is 3.92. The highest BCUT2D eigenvalue weighted by Gasteiger charge is 2.37. The van der Waals surface area contributed by atoms with Gasteiger partial charge in [0.05, 0.1) is 0 Å². The Hall–Kier alpha value is -2.31. The minimum absolute atomic E-state index is 0.291. The highest BCUT2D eigenvalue weighted by Crippen LogP contribution is 2.21. The average Bonchev–Trinajstić information content (AvgIpc) is 3.01. The summed E-state index contributed by atoms with van der Waals surface area (Å²) in [5.41, 5.74) is 1.78. The molecule has 1 heterocycles. The number of hydrogen-bond acceptors (Lipinski definition) is 3. The maximum absolute atomic E-state index is 12.3. The lowest BCUT2D eigenvalue weighted by atomic mass is 10.1. The second-order valence-electron chi connectivity index (χ2n) is 5.61. The molecule has 0 bridgehead atoms. The summed E-state index contributed by atoms with van der Waals surface area (Å²) in [7, 11) is 0. The number of amides is 1. The van der Waals surface area contributed by atoms with Gasteiger partial charge in [0.25, 0.3) is 5.78 Å². The molecule has 1 aliphatic heterocycles. The number of carbonyl (C=O) groups is 2. The third-order valence-electron chi connectivity index (χ3n) is 3.92. The number of allylic oxidation sites excluding steroid dienone is 1. The second kappa shape index (κ2) is 7.51. The van der Waals surface area contributed by atoms with Crippen LogP contribution in [0.2, 0.25) is 0 Å². The molecule has 4 nitrogen and oxygen atoms in total. The van der Waals surface area contributed by atoms with E-state index in [-0.39, 0.29) is 5.91 Å². The van der Waals surface area contributed by atoms with Crippen LogP contribution in [0, 0.1) is 0 Å². The molecule has 0 radical (unpaired) electrons. The maximum atomic E-state index is 12.3. The van der Waals surface area contributed by atoms with Gasteiger partial charge in [-0.3, -0.25) is 9.59 Å². The summed E-state index contributed by atoms with van der Waals surface area (Å²) in [6.45, 7) is 2.47. The van der Waals surface area contributed by atoms with Crippen LogP contribution in [-0.4, -0.2) is 35.4 Å². The molecule has 7 heteroatoms. The van der Waals surface area contributed by atoms with Crippen molar-refractivity contribution in [1.29, 1.82) is 0 Å². The lowest BCUT2D eigenvalue weighted by Gasteiger charge is -2.22. The molecule has 0 aliphatic carbocycles. The van der Waals surface area contributed by atoms with Gasteiger partial charge >= 0.3 is 6.18 Å². The fourth-order valence-corrected chi connectivity index (χ4v) is 2.56. The predicted molar refractivity (Wildman–Crippen MR) is 84.4 cm³/mol. The van der Waals surface area contributed by atoms with E-state index in [9.17, 15) is 22.8 Å². The zero-order valence-corrected chi connectivity index (χ0v) is 13.3. The molecule has 1 aliphatic rings. The predicted octanol–water partition coefficient (Wildman–Crippen LogP) is 3.30. The molecule has 1 fully saturated rings. The zero-order chi connectivity index (χ0) is 17.7. The van der Waals surface area contributed by atoms with Gasteiger partial charge in [0, 0.05) is 24.5 Å². The highest BCUT2D eigenvalue weighted by atomic mass is 19.4. The monoisotopic (exact) mass is 340 g/mol. The van der Waals surface area contributed by atoms with E-state index < -0.39 is 18.0 Å². The minimum atomic E-state index is -4.89. The van der Waals surface area contributed by atoms with Crippen LogP contribution in [-0.2, 0) is 16.0 Å². The van der Waals surface area contributed by atoms with Crippen molar-refractivity contribution in [3.8, 4) is 0 Å². The molecule has 130 valence electrons. The normalized spacial score (nSPS) is 18.2. The fraction of sp³-hybridized carbons (Fsp3) is 0.412. The summed E-state index contributed by atoms with van der Waals surface area (Å²) in [5.74, 6) is -2.22. The number of likely N-dealkylation sites (tertiary alicyclic amines) is 1. The van der Waals surface area contributed by atoms with Gasteiger partial charge in [-0.1, -0.05) is 19.1 Å². The van der Waals surface area contributed by atoms with Gasteiger partial charge in [-0.15, -0.1) is 0 Å². The number of alkyl halides is 3. The molecule has 24 heavy (non-hydrogen) atoms. The Morgan fingerprint density at radius 3 is 2.54 bits per heavy atom. The maximum Gasteiger partial charge on any atom is 0.454 e. The Balaban J connectivity index is 1.99. The topological polar surface area (TPSA) is 49.4 Å². The van der Waals surface area contributed by atoms with E-state index in [2.05, 4.69) is 5.32 Å². The van der Waals surface area contributed by atoms with Crippen molar-refractivity contribution in [2.75, 3.05) is 11.9 Å². The largest absolute Gasteiger partial charge is 0.454 e. The van der Waals surface area contributed by atoms with Gasteiger partial charge in [-0.2, -0.15) is 13.2 Å². The van der Waals surface area contributed by atoms with Crippen LogP contribution in [0.5, 0.6) is 0 Å². The first-order chi connectivity index (χ1) is 11.3. The Morgan fingerprint density at radius 2 is 1.96 bits per heavy atom. The van der Waals surface area contributed by atoms with E-state index in [0.29, 0.717) is 31.1 Å². The number of halogens is 3. The van der Waals surface area contributed by atoms with Crippen molar-refractivity contribution in [1.82, 2.24) is 4.90 Å². The summed E-state index contributed by atoms with van der Waals surface area (Å²) >= 11 is 0. The van der Waals surface area contributed by atoms with Gasteiger partial charge in [0.1, 0.15) is 6.04 Å². The van der Waals surface area contributed by atoms with Gasteiger partial charge in [0.15, 0.2) is 0 Å². The van der Waals surface area contributed by atoms with Crippen LogP contribution in [0.15, 0.2) is 36.5 Å². The molecule has 0 unspecified atom stereocenters. The van der Waals surface area contributed by atoms with Gasteiger partial charge in [0.2, 0.25) is 5.91 Å². The van der Waals surface area contributed by atoms with E-state index >= 15 is 0 Å². The molecular formula is C17H19F3N2O2. The fourth-order valence-electron chi connectivity index (χ4n) is 2.56. The Labute approximate surface area is 138 Å². The zero-order valence-electron chi connectivity index (χ0n) is 13.3. The number of benzene rings is 1. The Bertz CT molecular complexity index is 624. The summed E-state index contributed by atoms with van der Waals surface area (Å²) in [6.07, 6.45) is -1.26. The molecule has 2 rings (SSSR count). The lowest BCUT2D eigenvalue weighted by molar-refractivity contribution is -0.165. The van der Waals surface area contributed by atoms with Crippen LogP contribution < -0.4 is 5.32 Å². The van der Waals surface area contributed by atoms with Crippen LogP contribution >= 0.6 is 0 Å². The molecule has 1 saturated heterocycles. The molecule has 1 aromatic carbocycles. The first kappa shape index (κ1) is 18.0. The van der Waals surface area contributed by atoms with Crippen molar-refractivity contribution in [3.63, 3.8) is 0 Å². The number of hydrogen-bond donors (Lipinski definition) is 1. The van der Waals surface area contributed by atoms with Crippen molar-refractivity contribution in [2.24, 2.45) is 0 Å². The number of ketones is 1. The van der Waals surface area contributed by atoms with Crippen molar-refractivity contribution >= 4 is 17.4 Å². The molecule has 1 aromatic rings. The van der Waals surface area contributed by atoms with Crippen molar-refractivity contribution in [2.45, 2.75) is 38.4 Å². The number of aryl methyl sites for hydroxylation is 1. The smallest absolute Gasteiger partial charge is 0.365 e. The number of anilines is 1. The molecule has 1 amide bonds. The lowest BCUT2D eigenvalue weighted by Crippen LogP contribution is -2.36. The van der Waals surface area contributed by atoms with E-state index in [4.69, 9.17) is 0 Å². The van der Waals surface area contributed by atoms with Crippen LogP contribution in [0.1, 0.15) is 25.3 Å². The first-order valence-corrected chi connectivity index (χ1v) is 7.76. The summed E-state index contributed by atoms with van der Waals surface area (Å²) < 4.78 is 36.7. The Morgan fingerprint density at radius 1 is 1.29 bits per heavy atom. The minimum Gasteiger partial charge on any atom is -0.365 e. The van der Waals surface area contributed by atoms with Gasteiger partial charge in [-0.05, 0) is 37.0 Å². The van der Waals surface area contributed by atoms with Gasteiger partial charge < -0.3 is 10.2 Å². The van der Waals surface area contributed by atoms with E-state index in [1.54, 1.807) is 12.1 Å². The third kappa shape index (κ3) is 4.59.